The Balaban J connectivity index is 1.63. The number of hydrogen-bond acceptors (Lipinski definition) is 6. The normalized spacial score (nSPS) is 12.7. The molecule has 0 fully saturated rings. The van der Waals surface area contributed by atoms with E-state index in [0.29, 0.717) is 33.6 Å². The quantitative estimate of drug-likeness (QED) is 0.512. The lowest BCUT2D eigenvalue weighted by Gasteiger charge is -2.11. The Bertz CT molecular complexity index is 1320. The number of carbonyl (C=O) groups is 1. The molecule has 0 spiro atoms. The number of nitrogens with one attached hydrogen (secondary N) is 3. The van der Waals surface area contributed by atoms with Crippen LogP contribution in [0.4, 0.5) is 17.3 Å². The average Bonchev–Trinajstić information content (AvgIpc) is 2.87. The SMILES string of the molecule is C#CCNS(=O)(=O)c1ccc(Nc2ncc3c(n2)-c2ccc(Cl)cc2NC(=O)C3)cc1. The Morgan fingerprint density at radius 3 is 2.71 bits per heavy atom. The van der Waals surface area contributed by atoms with E-state index in [2.05, 4.69) is 31.2 Å². The third-order valence-electron chi connectivity index (χ3n) is 4.51. The summed E-state index contributed by atoms with van der Waals surface area (Å²) < 4.78 is 26.6. The Hall–Kier alpha value is -3.45. The number of rotatable bonds is 5. The summed E-state index contributed by atoms with van der Waals surface area (Å²) in [6, 6.07) is 11.3. The van der Waals surface area contributed by atoms with Gasteiger partial charge in [0.1, 0.15) is 0 Å². The number of sulfonamides is 1. The van der Waals surface area contributed by atoms with E-state index in [1.807, 2.05) is 0 Å². The molecule has 0 radical (unpaired) electrons. The smallest absolute Gasteiger partial charge is 0.241 e. The largest absolute Gasteiger partial charge is 0.325 e. The van der Waals surface area contributed by atoms with Crippen LogP contribution in [-0.4, -0.2) is 30.8 Å². The third kappa shape index (κ3) is 4.51. The highest BCUT2D eigenvalue weighted by Crippen LogP contribution is 2.34. The van der Waals surface area contributed by atoms with Gasteiger partial charge in [-0.1, -0.05) is 17.5 Å². The van der Waals surface area contributed by atoms with Crippen molar-refractivity contribution in [2.75, 3.05) is 17.2 Å². The van der Waals surface area contributed by atoms with E-state index in [9.17, 15) is 13.2 Å². The van der Waals surface area contributed by atoms with Crippen molar-refractivity contribution < 1.29 is 13.2 Å². The second-order valence-electron chi connectivity index (χ2n) is 6.66. The van der Waals surface area contributed by atoms with E-state index in [-0.39, 0.29) is 23.8 Å². The molecule has 4 rings (SSSR count). The number of halogens is 1. The highest BCUT2D eigenvalue weighted by Gasteiger charge is 2.21. The minimum atomic E-state index is -3.67. The van der Waals surface area contributed by atoms with E-state index >= 15 is 0 Å². The molecular formula is C21H16ClN5O3S. The number of carbonyl (C=O) groups excluding carboxylic acids is 1. The second-order valence-corrected chi connectivity index (χ2v) is 8.86. The van der Waals surface area contributed by atoms with E-state index in [1.54, 1.807) is 36.5 Å². The molecule has 0 bridgehead atoms. The predicted molar refractivity (Wildman–Crippen MR) is 119 cm³/mol. The first-order valence-electron chi connectivity index (χ1n) is 9.11. The summed E-state index contributed by atoms with van der Waals surface area (Å²) in [5, 5.41) is 6.38. The van der Waals surface area contributed by atoms with Gasteiger partial charge in [-0.15, -0.1) is 6.42 Å². The molecule has 1 aromatic heterocycles. The number of amides is 1. The molecule has 1 amide bonds. The number of fused-ring (bicyclic) bond motifs is 3. The highest BCUT2D eigenvalue weighted by atomic mass is 35.5. The topological polar surface area (TPSA) is 113 Å². The lowest BCUT2D eigenvalue weighted by Crippen LogP contribution is -2.23. The summed E-state index contributed by atoms with van der Waals surface area (Å²) in [6.07, 6.45) is 6.83. The Morgan fingerprint density at radius 2 is 1.97 bits per heavy atom. The van der Waals surface area contributed by atoms with Crippen LogP contribution in [0, 0.1) is 12.3 Å². The van der Waals surface area contributed by atoms with Gasteiger partial charge in [0, 0.05) is 28.0 Å². The average molecular weight is 454 g/mol. The van der Waals surface area contributed by atoms with Crippen molar-refractivity contribution in [3.8, 4) is 23.6 Å². The molecule has 0 atom stereocenters. The van der Waals surface area contributed by atoms with Crippen LogP contribution in [0.25, 0.3) is 11.3 Å². The van der Waals surface area contributed by atoms with Gasteiger partial charge in [0.25, 0.3) is 0 Å². The molecule has 3 aromatic rings. The Morgan fingerprint density at radius 1 is 1.19 bits per heavy atom. The molecule has 0 saturated heterocycles. The van der Waals surface area contributed by atoms with Crippen LogP contribution in [0.5, 0.6) is 0 Å². The first-order chi connectivity index (χ1) is 14.9. The fourth-order valence-electron chi connectivity index (χ4n) is 3.09. The van der Waals surface area contributed by atoms with Gasteiger partial charge in [-0.25, -0.2) is 18.4 Å². The van der Waals surface area contributed by atoms with Crippen molar-refractivity contribution in [3.63, 3.8) is 0 Å². The number of hydrogen-bond donors (Lipinski definition) is 3. The monoisotopic (exact) mass is 453 g/mol. The first-order valence-corrected chi connectivity index (χ1v) is 11.0. The van der Waals surface area contributed by atoms with Crippen LogP contribution < -0.4 is 15.4 Å². The van der Waals surface area contributed by atoms with E-state index in [1.165, 1.54) is 12.1 Å². The molecule has 10 heteroatoms. The highest BCUT2D eigenvalue weighted by molar-refractivity contribution is 7.89. The van der Waals surface area contributed by atoms with Crippen LogP contribution in [0.3, 0.4) is 0 Å². The zero-order valence-corrected chi connectivity index (χ0v) is 17.6. The maximum atomic E-state index is 12.2. The summed E-state index contributed by atoms with van der Waals surface area (Å²) in [7, 11) is -3.67. The first kappa shape index (κ1) is 20.8. The summed E-state index contributed by atoms with van der Waals surface area (Å²) in [5.74, 6) is 2.35. The molecule has 2 heterocycles. The van der Waals surface area contributed by atoms with Crippen molar-refractivity contribution in [1.29, 1.82) is 0 Å². The summed E-state index contributed by atoms with van der Waals surface area (Å²) in [5.41, 5.74) is 3.20. The summed E-state index contributed by atoms with van der Waals surface area (Å²) >= 11 is 6.06. The molecule has 0 unspecified atom stereocenters. The maximum Gasteiger partial charge on any atom is 0.241 e. The Kier molecular flexibility index (Phi) is 5.61. The third-order valence-corrected chi connectivity index (χ3v) is 6.16. The van der Waals surface area contributed by atoms with Gasteiger partial charge < -0.3 is 10.6 Å². The van der Waals surface area contributed by atoms with Crippen LogP contribution in [0.15, 0.2) is 53.6 Å². The number of terminal acetylenes is 1. The zero-order chi connectivity index (χ0) is 22.0. The van der Waals surface area contributed by atoms with Crippen molar-refractivity contribution >= 4 is 44.9 Å². The van der Waals surface area contributed by atoms with E-state index in [0.717, 1.165) is 5.56 Å². The number of benzene rings is 2. The lowest BCUT2D eigenvalue weighted by molar-refractivity contribution is -0.115. The fraction of sp³-hybridized carbons (Fsp3) is 0.0952. The molecule has 31 heavy (non-hydrogen) atoms. The molecule has 156 valence electrons. The van der Waals surface area contributed by atoms with Gasteiger partial charge in [0.2, 0.25) is 21.9 Å². The molecule has 8 nitrogen and oxygen atoms in total. The summed E-state index contributed by atoms with van der Waals surface area (Å²) in [4.78, 5) is 21.1. The second kappa shape index (κ2) is 8.35. The zero-order valence-electron chi connectivity index (χ0n) is 16.0. The van der Waals surface area contributed by atoms with Gasteiger partial charge in [-0.3, -0.25) is 4.79 Å². The van der Waals surface area contributed by atoms with E-state index < -0.39 is 10.0 Å². The van der Waals surface area contributed by atoms with Gasteiger partial charge >= 0.3 is 0 Å². The van der Waals surface area contributed by atoms with Crippen LogP contribution in [0.2, 0.25) is 5.02 Å². The standard InChI is InChI=1S/C21H16ClN5O3S/c1-2-9-24-31(29,30)16-6-4-15(5-7-16)25-21-23-12-13-10-19(28)26-18-11-14(22)3-8-17(18)20(13)27-21/h1,3-8,11-12,24H,9-10H2,(H,26,28)(H,23,25,27). The fourth-order valence-corrected chi connectivity index (χ4v) is 4.20. The van der Waals surface area contributed by atoms with Gasteiger partial charge in [0.15, 0.2) is 0 Å². The number of nitrogens with zero attached hydrogens (tertiary/aromatic N) is 2. The van der Waals surface area contributed by atoms with Gasteiger partial charge in [-0.2, -0.15) is 4.72 Å². The van der Waals surface area contributed by atoms with Crippen molar-refractivity contribution in [3.05, 3.63) is 59.2 Å². The van der Waals surface area contributed by atoms with Gasteiger partial charge in [0.05, 0.1) is 29.2 Å². The van der Waals surface area contributed by atoms with Crippen LogP contribution in [0.1, 0.15) is 5.56 Å². The molecular weight excluding hydrogens is 438 g/mol. The van der Waals surface area contributed by atoms with Crippen molar-refractivity contribution in [2.24, 2.45) is 0 Å². The minimum Gasteiger partial charge on any atom is -0.325 e. The van der Waals surface area contributed by atoms with E-state index in [4.69, 9.17) is 18.0 Å². The number of aromatic nitrogens is 2. The summed E-state index contributed by atoms with van der Waals surface area (Å²) in [6.45, 7) is -0.0879. The molecule has 3 N–H and O–H groups in total. The molecule has 2 aromatic carbocycles. The lowest BCUT2D eigenvalue weighted by atomic mass is 10.1. The Labute approximate surface area is 184 Å². The van der Waals surface area contributed by atoms with Crippen molar-refractivity contribution in [1.82, 2.24) is 14.7 Å². The van der Waals surface area contributed by atoms with Crippen LogP contribution >= 0.6 is 11.6 Å². The predicted octanol–water partition coefficient (Wildman–Crippen LogP) is 2.95. The van der Waals surface area contributed by atoms with Crippen molar-refractivity contribution in [2.45, 2.75) is 11.3 Å². The molecule has 0 saturated carbocycles. The molecule has 1 aliphatic rings. The molecule has 0 aliphatic carbocycles. The number of anilines is 3. The molecule has 1 aliphatic heterocycles. The van der Waals surface area contributed by atoms with Gasteiger partial charge in [-0.05, 0) is 42.5 Å². The maximum absolute atomic E-state index is 12.2. The minimum absolute atomic E-state index is 0.0879. The van der Waals surface area contributed by atoms with Crippen LogP contribution in [-0.2, 0) is 21.2 Å².